The number of aryl methyl sites for hydroxylation is 2. The van der Waals surface area contributed by atoms with E-state index in [9.17, 15) is 8.42 Å². The molecule has 3 rings (SSSR count). The van der Waals surface area contributed by atoms with Gasteiger partial charge in [-0.25, -0.2) is 8.42 Å². The molecule has 0 aromatic heterocycles. The summed E-state index contributed by atoms with van der Waals surface area (Å²) in [6.45, 7) is 1.95. The Bertz CT molecular complexity index is 769. The molecular formula is C17H16O2S. The van der Waals surface area contributed by atoms with Crippen LogP contribution in [0.25, 0.3) is 6.08 Å². The van der Waals surface area contributed by atoms with Crippen molar-refractivity contribution >= 4 is 15.9 Å². The fraction of sp³-hybridized carbons (Fsp3) is 0.176. The molecule has 0 spiro atoms. The average molecular weight is 284 g/mol. The Labute approximate surface area is 119 Å². The van der Waals surface area contributed by atoms with E-state index in [2.05, 4.69) is 6.07 Å². The van der Waals surface area contributed by atoms with Gasteiger partial charge in [-0.15, -0.1) is 0 Å². The fourth-order valence-corrected chi connectivity index (χ4v) is 3.94. The molecule has 1 aliphatic rings. The van der Waals surface area contributed by atoms with Gasteiger partial charge < -0.3 is 0 Å². The molecule has 0 N–H and O–H groups in total. The lowest BCUT2D eigenvalue weighted by Gasteiger charge is -2.16. The van der Waals surface area contributed by atoms with Crippen LogP contribution in [0.4, 0.5) is 0 Å². The lowest BCUT2D eigenvalue weighted by molar-refractivity contribution is 0.600. The Morgan fingerprint density at radius 1 is 0.900 bits per heavy atom. The zero-order valence-corrected chi connectivity index (χ0v) is 12.2. The molecule has 0 heterocycles. The van der Waals surface area contributed by atoms with Crippen LogP contribution in [0.1, 0.15) is 23.1 Å². The van der Waals surface area contributed by atoms with Gasteiger partial charge >= 0.3 is 0 Å². The highest BCUT2D eigenvalue weighted by atomic mass is 32.2. The van der Waals surface area contributed by atoms with Crippen molar-refractivity contribution in [2.24, 2.45) is 0 Å². The number of rotatable bonds is 2. The van der Waals surface area contributed by atoms with Crippen LogP contribution < -0.4 is 0 Å². The topological polar surface area (TPSA) is 34.1 Å². The van der Waals surface area contributed by atoms with Crippen LogP contribution in [0.15, 0.2) is 58.3 Å². The van der Waals surface area contributed by atoms with E-state index in [0.29, 0.717) is 16.2 Å². The summed E-state index contributed by atoms with van der Waals surface area (Å²) in [6, 6.07) is 15.0. The lowest BCUT2D eigenvalue weighted by atomic mass is 9.98. The molecule has 0 radical (unpaired) electrons. The third-order valence-electron chi connectivity index (χ3n) is 3.69. The number of fused-ring (bicyclic) bond motifs is 1. The van der Waals surface area contributed by atoms with Gasteiger partial charge in [0.25, 0.3) is 0 Å². The zero-order valence-electron chi connectivity index (χ0n) is 11.3. The van der Waals surface area contributed by atoms with Crippen LogP contribution in [-0.4, -0.2) is 8.42 Å². The summed E-state index contributed by atoms with van der Waals surface area (Å²) in [4.78, 5) is 0.897. The van der Waals surface area contributed by atoms with Gasteiger partial charge in [0.15, 0.2) is 0 Å². The SMILES string of the molecule is Cc1ccc(S(=O)(=O)C2=Cc3ccccc3CC2)cc1. The maximum absolute atomic E-state index is 12.6. The molecule has 0 saturated heterocycles. The van der Waals surface area contributed by atoms with Crippen LogP contribution >= 0.6 is 0 Å². The van der Waals surface area contributed by atoms with E-state index < -0.39 is 9.84 Å². The van der Waals surface area contributed by atoms with Gasteiger partial charge in [-0.1, -0.05) is 42.0 Å². The summed E-state index contributed by atoms with van der Waals surface area (Å²) in [6.07, 6.45) is 3.17. The number of allylic oxidation sites excluding steroid dienone is 1. The van der Waals surface area contributed by atoms with Crippen molar-refractivity contribution < 1.29 is 8.42 Å². The van der Waals surface area contributed by atoms with Gasteiger partial charge in [0, 0.05) is 0 Å². The van der Waals surface area contributed by atoms with Gasteiger partial charge in [-0.3, -0.25) is 0 Å². The van der Waals surface area contributed by atoms with Crippen LogP contribution in [0, 0.1) is 6.92 Å². The second-order valence-corrected chi connectivity index (χ2v) is 7.13. The molecular weight excluding hydrogens is 268 g/mol. The van der Waals surface area contributed by atoms with Gasteiger partial charge in [0.1, 0.15) is 0 Å². The monoisotopic (exact) mass is 284 g/mol. The third kappa shape index (κ3) is 2.29. The molecule has 1 aliphatic carbocycles. The van der Waals surface area contributed by atoms with Crippen molar-refractivity contribution in [2.45, 2.75) is 24.7 Å². The summed E-state index contributed by atoms with van der Waals surface area (Å²) in [7, 11) is -3.36. The zero-order chi connectivity index (χ0) is 14.2. The first-order valence-corrected chi connectivity index (χ1v) is 8.16. The van der Waals surface area contributed by atoms with Crippen molar-refractivity contribution in [1.82, 2.24) is 0 Å². The highest BCUT2D eigenvalue weighted by Crippen LogP contribution is 2.30. The minimum absolute atomic E-state index is 0.383. The molecule has 3 heteroatoms. The minimum atomic E-state index is -3.36. The predicted octanol–water partition coefficient (Wildman–Crippen LogP) is 3.76. The molecule has 20 heavy (non-hydrogen) atoms. The molecule has 0 atom stereocenters. The Kier molecular flexibility index (Phi) is 3.22. The molecule has 0 unspecified atom stereocenters. The third-order valence-corrected chi connectivity index (χ3v) is 5.59. The fourth-order valence-electron chi connectivity index (χ4n) is 2.49. The first-order chi connectivity index (χ1) is 9.57. The summed E-state index contributed by atoms with van der Waals surface area (Å²) in [5.41, 5.74) is 3.30. The van der Waals surface area contributed by atoms with Gasteiger partial charge in [-0.05, 0) is 49.1 Å². The van der Waals surface area contributed by atoms with E-state index in [4.69, 9.17) is 0 Å². The van der Waals surface area contributed by atoms with Crippen molar-refractivity contribution in [3.05, 3.63) is 70.1 Å². The molecule has 2 aromatic rings. The Hall–Kier alpha value is -1.87. The number of benzene rings is 2. The summed E-state index contributed by atoms with van der Waals surface area (Å²) >= 11 is 0. The largest absolute Gasteiger partial charge is 0.219 e. The minimum Gasteiger partial charge on any atom is -0.219 e. The summed E-state index contributed by atoms with van der Waals surface area (Å²) in [5.74, 6) is 0. The maximum atomic E-state index is 12.6. The van der Waals surface area contributed by atoms with Crippen LogP contribution in [-0.2, 0) is 16.3 Å². The standard InChI is InChI=1S/C17H16O2S/c1-13-6-9-16(10-7-13)20(18,19)17-11-8-14-4-2-3-5-15(14)12-17/h2-7,9-10,12H,8,11H2,1H3. The number of sulfone groups is 1. The second-order valence-electron chi connectivity index (χ2n) is 5.13. The second kappa shape index (κ2) is 4.91. The summed E-state index contributed by atoms with van der Waals surface area (Å²) < 4.78 is 25.3. The normalized spacial score (nSPS) is 14.6. The quantitative estimate of drug-likeness (QED) is 0.841. The molecule has 0 aliphatic heterocycles. The van der Waals surface area contributed by atoms with Crippen LogP contribution in [0.5, 0.6) is 0 Å². The average Bonchev–Trinajstić information content (AvgIpc) is 2.47. The van der Waals surface area contributed by atoms with Crippen LogP contribution in [0.2, 0.25) is 0 Å². The van der Waals surface area contributed by atoms with Crippen LogP contribution in [0.3, 0.4) is 0 Å². The predicted molar refractivity (Wildman–Crippen MR) is 81.1 cm³/mol. The maximum Gasteiger partial charge on any atom is 0.202 e. The van der Waals surface area contributed by atoms with Crippen molar-refractivity contribution in [1.29, 1.82) is 0 Å². The smallest absolute Gasteiger partial charge is 0.202 e. The van der Waals surface area contributed by atoms with Crippen molar-refractivity contribution in [3.63, 3.8) is 0 Å². The number of hydrogen-bond acceptors (Lipinski definition) is 2. The number of hydrogen-bond donors (Lipinski definition) is 0. The first kappa shape index (κ1) is 13.1. The highest BCUT2D eigenvalue weighted by molar-refractivity contribution is 7.95. The van der Waals surface area contributed by atoms with E-state index >= 15 is 0 Å². The lowest BCUT2D eigenvalue weighted by Crippen LogP contribution is -2.09. The molecule has 0 amide bonds. The molecule has 0 saturated carbocycles. The van der Waals surface area contributed by atoms with Gasteiger partial charge in [0.2, 0.25) is 9.84 Å². The molecule has 2 nitrogen and oxygen atoms in total. The Morgan fingerprint density at radius 3 is 2.35 bits per heavy atom. The Morgan fingerprint density at radius 2 is 1.60 bits per heavy atom. The van der Waals surface area contributed by atoms with E-state index in [1.165, 1.54) is 5.56 Å². The molecule has 102 valence electrons. The van der Waals surface area contributed by atoms with Crippen molar-refractivity contribution in [2.75, 3.05) is 0 Å². The van der Waals surface area contributed by atoms with E-state index in [1.807, 2.05) is 43.3 Å². The first-order valence-electron chi connectivity index (χ1n) is 6.67. The molecule has 2 aromatic carbocycles. The highest BCUT2D eigenvalue weighted by Gasteiger charge is 2.23. The van der Waals surface area contributed by atoms with Gasteiger partial charge in [-0.2, -0.15) is 0 Å². The van der Waals surface area contributed by atoms with Crippen molar-refractivity contribution in [3.8, 4) is 0 Å². The van der Waals surface area contributed by atoms with E-state index in [0.717, 1.165) is 17.5 Å². The molecule has 0 bridgehead atoms. The van der Waals surface area contributed by atoms with Gasteiger partial charge in [0.05, 0.1) is 9.80 Å². The molecule has 0 fully saturated rings. The van der Waals surface area contributed by atoms with E-state index in [-0.39, 0.29) is 0 Å². The summed E-state index contributed by atoms with van der Waals surface area (Å²) in [5, 5.41) is 0. The Balaban J connectivity index is 2.05. The van der Waals surface area contributed by atoms with E-state index in [1.54, 1.807) is 12.1 Å².